The minimum absolute atomic E-state index is 0.0487. The summed E-state index contributed by atoms with van der Waals surface area (Å²) in [6.07, 6.45) is 1.48. The van der Waals surface area contributed by atoms with E-state index in [0.29, 0.717) is 18.2 Å². The molecule has 0 saturated heterocycles. The quantitative estimate of drug-likeness (QED) is 0.528. The van der Waals surface area contributed by atoms with Crippen LogP contribution < -0.4 is 5.32 Å². The van der Waals surface area contributed by atoms with Gasteiger partial charge < -0.3 is 10.1 Å². The highest BCUT2D eigenvalue weighted by Crippen LogP contribution is 2.16. The highest BCUT2D eigenvalue weighted by Gasteiger charge is 2.14. The van der Waals surface area contributed by atoms with Crippen LogP contribution >= 0.6 is 0 Å². The molecular formula is C16H17N7O3. The molecule has 0 aliphatic heterocycles. The van der Waals surface area contributed by atoms with E-state index in [0.717, 1.165) is 11.1 Å². The van der Waals surface area contributed by atoms with E-state index in [9.17, 15) is 9.59 Å². The topological polar surface area (TPSA) is 139 Å². The first kappa shape index (κ1) is 17.3. The lowest BCUT2D eigenvalue weighted by molar-refractivity contribution is -0.120. The van der Waals surface area contributed by atoms with Crippen LogP contribution in [0.1, 0.15) is 28.9 Å². The molecule has 134 valence electrons. The fraction of sp³-hybridized carbons (Fsp3) is 0.250. The van der Waals surface area contributed by atoms with Crippen molar-refractivity contribution >= 4 is 11.9 Å². The van der Waals surface area contributed by atoms with Crippen LogP contribution in [0.5, 0.6) is 0 Å². The van der Waals surface area contributed by atoms with E-state index in [2.05, 4.69) is 35.7 Å². The molecule has 2 aromatic heterocycles. The summed E-state index contributed by atoms with van der Waals surface area (Å²) in [5, 5.41) is 15.7. The molecule has 0 radical (unpaired) electrons. The van der Waals surface area contributed by atoms with Crippen LogP contribution in [0.3, 0.4) is 0 Å². The van der Waals surface area contributed by atoms with Gasteiger partial charge in [-0.1, -0.05) is 18.2 Å². The van der Waals surface area contributed by atoms with E-state index < -0.39 is 5.97 Å². The predicted octanol–water partition coefficient (Wildman–Crippen LogP) is 0.625. The molecule has 0 atom stereocenters. The number of nitrogens with one attached hydrogen (secondary N) is 3. The number of benzene rings is 1. The van der Waals surface area contributed by atoms with Crippen molar-refractivity contribution < 1.29 is 14.3 Å². The molecule has 1 amide bonds. The third-order valence-corrected chi connectivity index (χ3v) is 3.42. The summed E-state index contributed by atoms with van der Waals surface area (Å²) in [7, 11) is 0. The second kappa shape index (κ2) is 8.01. The number of carbonyl (C=O) groups excluding carboxylic acids is 2. The predicted molar refractivity (Wildman–Crippen MR) is 89.7 cm³/mol. The lowest BCUT2D eigenvalue weighted by atomic mass is 10.1. The van der Waals surface area contributed by atoms with Gasteiger partial charge in [-0.15, -0.1) is 0 Å². The molecule has 10 heteroatoms. The Bertz CT molecular complexity index is 889. The molecule has 0 spiro atoms. The van der Waals surface area contributed by atoms with Crippen LogP contribution in [0, 0.1) is 0 Å². The van der Waals surface area contributed by atoms with E-state index in [1.807, 2.05) is 24.3 Å². The summed E-state index contributed by atoms with van der Waals surface area (Å²) in [6.45, 7) is 2.32. The molecule has 2 heterocycles. The first-order chi connectivity index (χ1) is 12.7. The zero-order valence-corrected chi connectivity index (χ0v) is 14.0. The number of rotatable bonds is 7. The number of H-pyrrole nitrogens is 2. The molecule has 0 bridgehead atoms. The average molecular weight is 355 g/mol. The summed E-state index contributed by atoms with van der Waals surface area (Å²) in [6, 6.07) is 7.36. The first-order valence-corrected chi connectivity index (χ1v) is 7.95. The standard InChI is InChI=1S/C16H17N7O3/c1-2-26-16(25)15-20-14(22-23-15)11-5-3-4-10(6-11)8-17-13(24)7-12-18-9-19-21-12/h3-6,9H,2,7-8H2,1H3,(H,17,24)(H,18,19,21)(H,20,22,23). The molecule has 0 saturated carbocycles. The van der Waals surface area contributed by atoms with Crippen LogP contribution in [-0.2, 0) is 22.5 Å². The maximum atomic E-state index is 11.9. The number of amides is 1. The van der Waals surface area contributed by atoms with Gasteiger partial charge in [0.05, 0.1) is 13.0 Å². The lowest BCUT2D eigenvalue weighted by Crippen LogP contribution is -2.25. The minimum atomic E-state index is -0.554. The number of ether oxygens (including phenoxy) is 1. The Labute approximate surface area is 148 Å². The maximum absolute atomic E-state index is 11.9. The molecule has 3 N–H and O–H groups in total. The molecule has 0 fully saturated rings. The molecule has 0 unspecified atom stereocenters. The summed E-state index contributed by atoms with van der Waals surface area (Å²) < 4.78 is 4.88. The van der Waals surface area contributed by atoms with Crippen LogP contribution in [0.4, 0.5) is 0 Å². The van der Waals surface area contributed by atoms with Crippen molar-refractivity contribution in [3.8, 4) is 11.4 Å². The summed E-state index contributed by atoms with van der Waals surface area (Å²) in [5.41, 5.74) is 1.59. The van der Waals surface area contributed by atoms with Crippen LogP contribution in [0.25, 0.3) is 11.4 Å². The molecular weight excluding hydrogens is 338 g/mol. The van der Waals surface area contributed by atoms with Crippen molar-refractivity contribution in [3.63, 3.8) is 0 Å². The zero-order chi connectivity index (χ0) is 18.4. The highest BCUT2D eigenvalue weighted by molar-refractivity contribution is 5.85. The number of hydrogen-bond acceptors (Lipinski definition) is 7. The smallest absolute Gasteiger partial charge is 0.375 e. The Hall–Kier alpha value is -3.56. The Kier molecular flexibility index (Phi) is 5.32. The molecule has 10 nitrogen and oxygen atoms in total. The Morgan fingerprint density at radius 1 is 1.27 bits per heavy atom. The average Bonchev–Trinajstić information content (AvgIpc) is 3.32. The van der Waals surface area contributed by atoms with Gasteiger partial charge in [-0.2, -0.15) is 10.2 Å². The van der Waals surface area contributed by atoms with Gasteiger partial charge in [0.25, 0.3) is 0 Å². The number of esters is 1. The van der Waals surface area contributed by atoms with Gasteiger partial charge in [0.2, 0.25) is 11.7 Å². The van der Waals surface area contributed by atoms with Crippen molar-refractivity contribution in [1.29, 1.82) is 0 Å². The molecule has 1 aromatic carbocycles. The van der Waals surface area contributed by atoms with Gasteiger partial charge in [-0.05, 0) is 18.6 Å². The zero-order valence-electron chi connectivity index (χ0n) is 14.0. The molecule has 3 rings (SSSR count). The SMILES string of the molecule is CCOC(=O)c1nc(-c2cccc(CNC(=O)Cc3ncn[nH]3)c2)n[nH]1. The van der Waals surface area contributed by atoms with E-state index >= 15 is 0 Å². The highest BCUT2D eigenvalue weighted by atomic mass is 16.5. The van der Waals surface area contributed by atoms with Gasteiger partial charge in [0, 0.05) is 12.1 Å². The molecule has 3 aromatic rings. The van der Waals surface area contributed by atoms with Gasteiger partial charge in [-0.3, -0.25) is 15.0 Å². The van der Waals surface area contributed by atoms with Crippen molar-refractivity contribution in [1.82, 2.24) is 35.7 Å². The number of nitrogens with zero attached hydrogens (tertiary/aromatic N) is 4. The van der Waals surface area contributed by atoms with Crippen LogP contribution in [-0.4, -0.2) is 48.8 Å². The number of aromatic nitrogens is 6. The number of hydrogen-bond donors (Lipinski definition) is 3. The fourth-order valence-electron chi connectivity index (χ4n) is 2.23. The van der Waals surface area contributed by atoms with Crippen molar-refractivity contribution in [2.24, 2.45) is 0 Å². The minimum Gasteiger partial charge on any atom is -0.460 e. The van der Waals surface area contributed by atoms with E-state index in [1.165, 1.54) is 6.33 Å². The van der Waals surface area contributed by atoms with Crippen molar-refractivity contribution in [2.75, 3.05) is 6.61 Å². The Morgan fingerprint density at radius 3 is 2.92 bits per heavy atom. The monoisotopic (exact) mass is 355 g/mol. The van der Waals surface area contributed by atoms with E-state index in [1.54, 1.807) is 6.92 Å². The second-order valence-corrected chi connectivity index (χ2v) is 5.31. The van der Waals surface area contributed by atoms with Gasteiger partial charge in [0.1, 0.15) is 12.2 Å². The third kappa shape index (κ3) is 4.29. The van der Waals surface area contributed by atoms with E-state index in [-0.39, 0.29) is 24.8 Å². The molecule has 0 aliphatic carbocycles. The van der Waals surface area contributed by atoms with E-state index in [4.69, 9.17) is 4.74 Å². The Morgan fingerprint density at radius 2 is 2.15 bits per heavy atom. The third-order valence-electron chi connectivity index (χ3n) is 3.42. The lowest BCUT2D eigenvalue weighted by Gasteiger charge is -2.05. The van der Waals surface area contributed by atoms with Gasteiger partial charge in [0.15, 0.2) is 5.82 Å². The molecule has 0 aliphatic rings. The Balaban J connectivity index is 1.63. The van der Waals surface area contributed by atoms with Crippen molar-refractivity contribution in [3.05, 3.63) is 47.8 Å². The maximum Gasteiger partial charge on any atom is 0.375 e. The summed E-state index contributed by atoms with van der Waals surface area (Å²) >= 11 is 0. The second-order valence-electron chi connectivity index (χ2n) is 5.31. The van der Waals surface area contributed by atoms with Crippen LogP contribution in [0.15, 0.2) is 30.6 Å². The largest absolute Gasteiger partial charge is 0.460 e. The molecule has 26 heavy (non-hydrogen) atoms. The number of aromatic amines is 2. The van der Waals surface area contributed by atoms with Gasteiger partial charge in [-0.25, -0.2) is 14.8 Å². The van der Waals surface area contributed by atoms with Crippen molar-refractivity contribution in [2.45, 2.75) is 19.9 Å². The normalized spacial score (nSPS) is 10.5. The number of carbonyl (C=O) groups is 2. The van der Waals surface area contributed by atoms with Gasteiger partial charge >= 0.3 is 5.97 Å². The fourth-order valence-corrected chi connectivity index (χ4v) is 2.23. The van der Waals surface area contributed by atoms with Crippen LogP contribution in [0.2, 0.25) is 0 Å². The first-order valence-electron chi connectivity index (χ1n) is 7.95. The summed E-state index contributed by atoms with van der Waals surface area (Å²) in [5.74, 6) is 0.204. The summed E-state index contributed by atoms with van der Waals surface area (Å²) in [4.78, 5) is 31.6.